The molecular formula is C15H19NOS. The highest BCUT2D eigenvalue weighted by Gasteiger charge is 2.04. The first-order valence-electron chi connectivity index (χ1n) is 6.20. The lowest BCUT2D eigenvalue weighted by molar-refractivity contribution is 0.474. The van der Waals surface area contributed by atoms with Crippen LogP contribution in [-0.4, -0.2) is 11.1 Å². The van der Waals surface area contributed by atoms with Crippen LogP contribution < -0.4 is 5.32 Å². The molecule has 3 heteroatoms. The molecule has 18 heavy (non-hydrogen) atoms. The van der Waals surface area contributed by atoms with Crippen LogP contribution in [0.4, 0.5) is 0 Å². The van der Waals surface area contributed by atoms with Gasteiger partial charge in [0, 0.05) is 22.3 Å². The van der Waals surface area contributed by atoms with E-state index in [2.05, 4.69) is 31.3 Å². The Morgan fingerprint density at radius 1 is 1.17 bits per heavy atom. The minimum Gasteiger partial charge on any atom is -0.508 e. The second kappa shape index (κ2) is 6.03. The third kappa shape index (κ3) is 3.86. The quantitative estimate of drug-likeness (QED) is 0.863. The first-order chi connectivity index (χ1) is 8.63. The monoisotopic (exact) mass is 261 g/mol. The van der Waals surface area contributed by atoms with E-state index in [1.165, 1.54) is 15.3 Å². The topological polar surface area (TPSA) is 32.3 Å². The highest BCUT2D eigenvalue weighted by Crippen LogP contribution is 2.15. The minimum atomic E-state index is 0.327. The average Bonchev–Trinajstić information content (AvgIpc) is 2.76. The van der Waals surface area contributed by atoms with Crippen LogP contribution in [-0.2, 0) is 13.0 Å². The van der Waals surface area contributed by atoms with Gasteiger partial charge in [-0.3, -0.25) is 0 Å². The maximum Gasteiger partial charge on any atom is 0.115 e. The fourth-order valence-electron chi connectivity index (χ4n) is 1.91. The first kappa shape index (κ1) is 13.1. The van der Waals surface area contributed by atoms with E-state index in [-0.39, 0.29) is 0 Å². The zero-order valence-electron chi connectivity index (χ0n) is 10.8. The van der Waals surface area contributed by atoms with Crippen molar-refractivity contribution in [3.63, 3.8) is 0 Å². The summed E-state index contributed by atoms with van der Waals surface area (Å²) in [5, 5.41) is 12.8. The first-order valence-corrected chi connectivity index (χ1v) is 7.02. The number of benzene rings is 1. The summed E-state index contributed by atoms with van der Waals surface area (Å²) in [6, 6.07) is 12.2. The summed E-state index contributed by atoms with van der Waals surface area (Å²) < 4.78 is 0. The van der Waals surface area contributed by atoms with E-state index in [0.717, 1.165) is 13.0 Å². The van der Waals surface area contributed by atoms with Crippen molar-refractivity contribution >= 4 is 11.3 Å². The molecule has 0 aliphatic rings. The fourth-order valence-corrected chi connectivity index (χ4v) is 2.75. The Morgan fingerprint density at radius 3 is 2.50 bits per heavy atom. The Hall–Kier alpha value is -1.32. The number of hydrogen-bond acceptors (Lipinski definition) is 3. The molecule has 0 amide bonds. The van der Waals surface area contributed by atoms with Crippen LogP contribution in [0.3, 0.4) is 0 Å². The molecule has 1 aromatic carbocycles. The molecule has 0 saturated heterocycles. The van der Waals surface area contributed by atoms with E-state index in [4.69, 9.17) is 0 Å². The predicted molar refractivity (Wildman–Crippen MR) is 77.2 cm³/mol. The summed E-state index contributed by atoms with van der Waals surface area (Å²) in [4.78, 5) is 2.74. The van der Waals surface area contributed by atoms with E-state index in [1.807, 2.05) is 23.5 Å². The van der Waals surface area contributed by atoms with Crippen molar-refractivity contribution < 1.29 is 5.11 Å². The van der Waals surface area contributed by atoms with Gasteiger partial charge < -0.3 is 10.4 Å². The summed E-state index contributed by atoms with van der Waals surface area (Å²) in [6.07, 6.45) is 0.977. The van der Waals surface area contributed by atoms with Gasteiger partial charge in [-0.05, 0) is 50.1 Å². The van der Waals surface area contributed by atoms with Crippen molar-refractivity contribution in [3.05, 3.63) is 51.7 Å². The SMILES string of the molecule is Cc1ccc(CNC(C)Cc2ccc(O)cc2)s1. The Morgan fingerprint density at radius 2 is 1.89 bits per heavy atom. The zero-order valence-corrected chi connectivity index (χ0v) is 11.6. The predicted octanol–water partition coefficient (Wildman–Crippen LogP) is 3.48. The van der Waals surface area contributed by atoms with E-state index < -0.39 is 0 Å². The van der Waals surface area contributed by atoms with Crippen molar-refractivity contribution in [3.8, 4) is 5.75 Å². The molecule has 0 bridgehead atoms. The van der Waals surface area contributed by atoms with Gasteiger partial charge in [-0.1, -0.05) is 12.1 Å². The minimum absolute atomic E-state index is 0.327. The lowest BCUT2D eigenvalue weighted by Gasteiger charge is -2.13. The van der Waals surface area contributed by atoms with Crippen molar-refractivity contribution in [2.45, 2.75) is 32.9 Å². The van der Waals surface area contributed by atoms with Crippen LogP contribution in [0.15, 0.2) is 36.4 Å². The lowest BCUT2D eigenvalue weighted by atomic mass is 10.1. The molecule has 0 radical (unpaired) electrons. The maximum absolute atomic E-state index is 9.23. The number of nitrogens with one attached hydrogen (secondary N) is 1. The number of phenols is 1. The smallest absolute Gasteiger partial charge is 0.115 e. The molecule has 1 unspecified atom stereocenters. The van der Waals surface area contributed by atoms with Crippen molar-refractivity contribution in [2.24, 2.45) is 0 Å². The van der Waals surface area contributed by atoms with E-state index in [0.29, 0.717) is 11.8 Å². The van der Waals surface area contributed by atoms with E-state index in [9.17, 15) is 5.11 Å². The summed E-state index contributed by atoms with van der Waals surface area (Å²) in [7, 11) is 0. The van der Waals surface area contributed by atoms with Gasteiger partial charge in [-0.25, -0.2) is 0 Å². The number of hydrogen-bond donors (Lipinski definition) is 2. The molecule has 1 heterocycles. The van der Waals surface area contributed by atoms with Crippen molar-refractivity contribution in [1.29, 1.82) is 0 Å². The second-order valence-corrected chi connectivity index (χ2v) is 6.04. The van der Waals surface area contributed by atoms with Gasteiger partial charge in [0.15, 0.2) is 0 Å². The van der Waals surface area contributed by atoms with Gasteiger partial charge in [0.1, 0.15) is 5.75 Å². The van der Waals surface area contributed by atoms with Gasteiger partial charge in [0.25, 0.3) is 0 Å². The van der Waals surface area contributed by atoms with E-state index >= 15 is 0 Å². The number of phenolic OH excluding ortho intramolecular Hbond substituents is 1. The molecule has 0 spiro atoms. The molecule has 0 aliphatic heterocycles. The normalized spacial score (nSPS) is 12.6. The molecule has 96 valence electrons. The Kier molecular flexibility index (Phi) is 4.39. The number of rotatable bonds is 5. The summed E-state index contributed by atoms with van der Waals surface area (Å²) in [6.45, 7) is 5.25. The molecule has 0 saturated carbocycles. The Labute approximate surface area is 112 Å². The number of aryl methyl sites for hydroxylation is 1. The molecule has 0 aliphatic carbocycles. The van der Waals surface area contributed by atoms with Crippen LogP contribution in [0.2, 0.25) is 0 Å². The van der Waals surface area contributed by atoms with Gasteiger partial charge in [-0.2, -0.15) is 0 Å². The fraction of sp³-hybridized carbons (Fsp3) is 0.333. The summed E-state index contributed by atoms with van der Waals surface area (Å²) in [5.74, 6) is 0.327. The number of thiophene rings is 1. The lowest BCUT2D eigenvalue weighted by Crippen LogP contribution is -2.27. The Bertz CT molecular complexity index is 489. The summed E-state index contributed by atoms with van der Waals surface area (Å²) >= 11 is 1.84. The summed E-state index contributed by atoms with van der Waals surface area (Å²) in [5.41, 5.74) is 1.25. The number of aromatic hydroxyl groups is 1. The highest BCUT2D eigenvalue weighted by atomic mass is 32.1. The average molecular weight is 261 g/mol. The van der Waals surface area contributed by atoms with E-state index in [1.54, 1.807) is 12.1 Å². The van der Waals surface area contributed by atoms with Crippen LogP contribution >= 0.6 is 11.3 Å². The second-order valence-electron chi connectivity index (χ2n) is 4.66. The van der Waals surface area contributed by atoms with Crippen molar-refractivity contribution in [2.75, 3.05) is 0 Å². The standard InChI is InChI=1S/C15H19NOS/c1-11(9-13-4-6-14(17)7-5-13)16-10-15-8-3-12(2)18-15/h3-8,11,16-17H,9-10H2,1-2H3. The molecule has 1 aromatic heterocycles. The molecule has 2 aromatic rings. The van der Waals surface area contributed by atoms with Crippen LogP contribution in [0.25, 0.3) is 0 Å². The maximum atomic E-state index is 9.23. The molecular weight excluding hydrogens is 242 g/mol. The zero-order chi connectivity index (χ0) is 13.0. The highest BCUT2D eigenvalue weighted by molar-refractivity contribution is 7.11. The van der Waals surface area contributed by atoms with Crippen LogP contribution in [0.5, 0.6) is 5.75 Å². The molecule has 0 fully saturated rings. The molecule has 2 nitrogen and oxygen atoms in total. The third-order valence-electron chi connectivity index (χ3n) is 2.90. The molecule has 2 rings (SSSR count). The van der Waals surface area contributed by atoms with Gasteiger partial charge >= 0.3 is 0 Å². The third-order valence-corrected chi connectivity index (χ3v) is 3.90. The molecule has 2 N–H and O–H groups in total. The Balaban J connectivity index is 1.81. The van der Waals surface area contributed by atoms with Gasteiger partial charge in [0.2, 0.25) is 0 Å². The van der Waals surface area contributed by atoms with Crippen LogP contribution in [0.1, 0.15) is 22.2 Å². The molecule has 1 atom stereocenters. The van der Waals surface area contributed by atoms with Gasteiger partial charge in [-0.15, -0.1) is 11.3 Å². The van der Waals surface area contributed by atoms with Crippen molar-refractivity contribution in [1.82, 2.24) is 5.32 Å². The largest absolute Gasteiger partial charge is 0.508 e. The van der Waals surface area contributed by atoms with Gasteiger partial charge in [0.05, 0.1) is 0 Å². The van der Waals surface area contributed by atoms with Crippen LogP contribution in [0, 0.1) is 6.92 Å².